The molecule has 0 saturated carbocycles. The summed E-state index contributed by atoms with van der Waals surface area (Å²) < 4.78 is 0. The average molecular weight is 408 g/mol. The first kappa shape index (κ1) is 21.6. The molecule has 1 atom stereocenters. The molecule has 2 N–H and O–H groups in total. The summed E-state index contributed by atoms with van der Waals surface area (Å²) in [6.07, 6.45) is 2.22. The molecule has 0 unspecified atom stereocenters. The van der Waals surface area contributed by atoms with Crippen LogP contribution in [0, 0.1) is 19.8 Å². The molecule has 0 aliphatic carbocycles. The van der Waals surface area contributed by atoms with Gasteiger partial charge in [0.2, 0.25) is 11.8 Å². The Hall–Kier alpha value is -3.15. The fourth-order valence-electron chi connectivity index (χ4n) is 3.54. The van der Waals surface area contributed by atoms with Gasteiger partial charge in [0.25, 0.3) is 5.91 Å². The van der Waals surface area contributed by atoms with Crippen molar-refractivity contribution in [3.8, 4) is 0 Å². The lowest BCUT2D eigenvalue weighted by molar-refractivity contribution is -0.128. The summed E-state index contributed by atoms with van der Waals surface area (Å²) in [7, 11) is 0. The molecule has 2 aromatic carbocycles. The summed E-state index contributed by atoms with van der Waals surface area (Å²) in [5.74, 6) is -0.645. The normalized spacial score (nSPS) is 15.9. The molecule has 0 aromatic heterocycles. The molecule has 1 fully saturated rings. The molecule has 0 spiro atoms. The van der Waals surface area contributed by atoms with Crippen LogP contribution in [-0.4, -0.2) is 35.7 Å². The summed E-state index contributed by atoms with van der Waals surface area (Å²) in [6.45, 7) is 7.24. The van der Waals surface area contributed by atoms with E-state index in [1.54, 1.807) is 29.2 Å². The Morgan fingerprint density at radius 1 is 1.07 bits per heavy atom. The Labute approximate surface area is 177 Å². The van der Waals surface area contributed by atoms with Gasteiger partial charge < -0.3 is 15.5 Å². The molecule has 0 bridgehead atoms. The highest BCUT2D eigenvalue weighted by Crippen LogP contribution is 2.22. The van der Waals surface area contributed by atoms with Crippen LogP contribution in [0.3, 0.4) is 0 Å². The van der Waals surface area contributed by atoms with E-state index < -0.39 is 0 Å². The number of benzene rings is 2. The van der Waals surface area contributed by atoms with Crippen molar-refractivity contribution in [3.05, 3.63) is 59.2 Å². The molecular formula is C24H29N3O3. The van der Waals surface area contributed by atoms with Crippen molar-refractivity contribution in [2.24, 2.45) is 5.92 Å². The van der Waals surface area contributed by atoms with Crippen LogP contribution in [0.2, 0.25) is 0 Å². The zero-order valence-corrected chi connectivity index (χ0v) is 17.8. The van der Waals surface area contributed by atoms with E-state index in [1.165, 1.54) is 0 Å². The number of unbranched alkanes of at least 4 members (excludes halogenated alkanes) is 1. The monoisotopic (exact) mass is 407 g/mol. The Balaban J connectivity index is 1.58. The Morgan fingerprint density at radius 3 is 2.50 bits per heavy atom. The van der Waals surface area contributed by atoms with Crippen molar-refractivity contribution >= 4 is 29.1 Å². The van der Waals surface area contributed by atoms with Crippen LogP contribution in [0.5, 0.6) is 0 Å². The minimum Gasteiger partial charge on any atom is -0.342 e. The molecule has 158 valence electrons. The number of hydrogen-bond acceptors (Lipinski definition) is 3. The third-order valence-corrected chi connectivity index (χ3v) is 5.63. The smallest absolute Gasteiger partial charge is 0.255 e. The number of amides is 3. The molecule has 30 heavy (non-hydrogen) atoms. The SMILES string of the molecule is CCCCN1C[C@@H](C(=O)Nc2ccc(C(=O)Nc3cccc(C)c3C)cc2)CC1=O. The number of anilines is 2. The van der Waals surface area contributed by atoms with E-state index in [4.69, 9.17) is 0 Å². The first-order chi connectivity index (χ1) is 14.4. The standard InChI is InChI=1S/C24H29N3O3/c1-4-5-13-27-15-19(14-22(27)28)24(30)25-20-11-9-18(10-12-20)23(29)26-21-8-6-7-16(2)17(21)3/h6-12,19H,4-5,13-15H2,1-3H3,(H,25,30)(H,26,29)/t19-/m0/s1. The summed E-state index contributed by atoms with van der Waals surface area (Å²) in [5.41, 5.74) is 4.06. The summed E-state index contributed by atoms with van der Waals surface area (Å²) >= 11 is 0. The lowest BCUT2D eigenvalue weighted by Gasteiger charge is -2.16. The second-order valence-electron chi connectivity index (χ2n) is 7.86. The molecule has 1 aliphatic rings. The minimum absolute atomic E-state index is 0.0436. The molecule has 0 radical (unpaired) electrons. The lowest BCUT2D eigenvalue weighted by atomic mass is 10.1. The predicted octanol–water partition coefficient (Wildman–Crippen LogP) is 4.14. The number of rotatable bonds is 7. The van der Waals surface area contributed by atoms with Gasteiger partial charge in [-0.15, -0.1) is 0 Å². The number of hydrogen-bond donors (Lipinski definition) is 2. The topological polar surface area (TPSA) is 78.5 Å². The van der Waals surface area contributed by atoms with Crippen molar-refractivity contribution in [3.63, 3.8) is 0 Å². The van der Waals surface area contributed by atoms with Gasteiger partial charge in [0.15, 0.2) is 0 Å². The highest BCUT2D eigenvalue weighted by Gasteiger charge is 2.33. The third kappa shape index (κ3) is 5.06. The van der Waals surface area contributed by atoms with E-state index in [1.807, 2.05) is 32.0 Å². The van der Waals surface area contributed by atoms with Gasteiger partial charge in [-0.1, -0.05) is 25.5 Å². The number of likely N-dealkylation sites (tertiary alicyclic amines) is 1. The zero-order chi connectivity index (χ0) is 21.7. The van der Waals surface area contributed by atoms with Crippen molar-refractivity contribution in [1.82, 2.24) is 4.90 Å². The number of aryl methyl sites for hydroxylation is 1. The van der Waals surface area contributed by atoms with Crippen molar-refractivity contribution in [1.29, 1.82) is 0 Å². The molecular weight excluding hydrogens is 378 g/mol. The van der Waals surface area contributed by atoms with Crippen molar-refractivity contribution in [2.75, 3.05) is 23.7 Å². The van der Waals surface area contributed by atoms with Gasteiger partial charge >= 0.3 is 0 Å². The Bertz CT molecular complexity index is 937. The fourth-order valence-corrected chi connectivity index (χ4v) is 3.54. The molecule has 3 amide bonds. The van der Waals surface area contributed by atoms with Crippen LogP contribution in [-0.2, 0) is 9.59 Å². The largest absolute Gasteiger partial charge is 0.342 e. The van der Waals surface area contributed by atoms with Gasteiger partial charge in [-0.05, 0) is 61.7 Å². The highest BCUT2D eigenvalue weighted by molar-refractivity contribution is 6.05. The zero-order valence-electron chi connectivity index (χ0n) is 17.8. The first-order valence-corrected chi connectivity index (χ1v) is 10.4. The van der Waals surface area contributed by atoms with Crippen LogP contribution in [0.15, 0.2) is 42.5 Å². The van der Waals surface area contributed by atoms with E-state index in [0.29, 0.717) is 24.3 Å². The number of carbonyl (C=O) groups is 3. The molecule has 2 aromatic rings. The highest BCUT2D eigenvalue weighted by atomic mass is 16.2. The Morgan fingerprint density at radius 2 is 1.80 bits per heavy atom. The molecule has 1 aliphatic heterocycles. The second-order valence-corrected chi connectivity index (χ2v) is 7.86. The van der Waals surface area contributed by atoms with E-state index >= 15 is 0 Å². The van der Waals surface area contributed by atoms with Gasteiger partial charge in [-0.3, -0.25) is 14.4 Å². The lowest BCUT2D eigenvalue weighted by Crippen LogP contribution is -2.29. The third-order valence-electron chi connectivity index (χ3n) is 5.63. The maximum absolute atomic E-state index is 12.5. The van der Waals surface area contributed by atoms with E-state index in [9.17, 15) is 14.4 Å². The van der Waals surface area contributed by atoms with Crippen molar-refractivity contribution < 1.29 is 14.4 Å². The Kier molecular flexibility index (Phi) is 6.87. The van der Waals surface area contributed by atoms with Crippen LogP contribution in [0.25, 0.3) is 0 Å². The van der Waals surface area contributed by atoms with Gasteiger partial charge in [0, 0.05) is 36.4 Å². The van der Waals surface area contributed by atoms with Gasteiger partial charge in [-0.25, -0.2) is 0 Å². The number of carbonyl (C=O) groups excluding carboxylic acids is 3. The van der Waals surface area contributed by atoms with Crippen LogP contribution >= 0.6 is 0 Å². The number of nitrogens with zero attached hydrogens (tertiary/aromatic N) is 1. The molecule has 3 rings (SSSR count). The molecule has 1 saturated heterocycles. The first-order valence-electron chi connectivity index (χ1n) is 10.4. The minimum atomic E-state index is -0.332. The second kappa shape index (κ2) is 9.57. The maximum Gasteiger partial charge on any atom is 0.255 e. The maximum atomic E-state index is 12.5. The quantitative estimate of drug-likeness (QED) is 0.724. The molecule has 1 heterocycles. The predicted molar refractivity (Wildman–Crippen MR) is 119 cm³/mol. The summed E-state index contributed by atoms with van der Waals surface area (Å²) in [5, 5.41) is 5.79. The fraction of sp³-hybridized carbons (Fsp3) is 0.375. The summed E-state index contributed by atoms with van der Waals surface area (Å²) in [6, 6.07) is 12.6. The molecule has 6 nitrogen and oxygen atoms in total. The van der Waals surface area contributed by atoms with Gasteiger partial charge in [0.05, 0.1) is 5.92 Å². The average Bonchev–Trinajstić information content (AvgIpc) is 3.11. The molecule has 6 heteroatoms. The van der Waals surface area contributed by atoms with E-state index in [0.717, 1.165) is 29.7 Å². The van der Waals surface area contributed by atoms with Crippen molar-refractivity contribution in [2.45, 2.75) is 40.0 Å². The van der Waals surface area contributed by atoms with Gasteiger partial charge in [-0.2, -0.15) is 0 Å². The van der Waals surface area contributed by atoms with Gasteiger partial charge in [0.1, 0.15) is 0 Å². The van der Waals surface area contributed by atoms with E-state index in [2.05, 4.69) is 17.6 Å². The van der Waals surface area contributed by atoms with Crippen LogP contribution in [0.4, 0.5) is 11.4 Å². The van der Waals surface area contributed by atoms with Crippen LogP contribution < -0.4 is 10.6 Å². The van der Waals surface area contributed by atoms with E-state index in [-0.39, 0.29) is 30.1 Å². The summed E-state index contributed by atoms with van der Waals surface area (Å²) in [4.78, 5) is 38.9. The number of nitrogens with one attached hydrogen (secondary N) is 2. The van der Waals surface area contributed by atoms with Crippen LogP contribution in [0.1, 0.15) is 47.7 Å².